The average Bonchev–Trinajstić information content (AvgIpc) is 2.84. The molecule has 0 saturated heterocycles. The Hall–Kier alpha value is -1.84. The Labute approximate surface area is 131 Å². The Kier molecular flexibility index (Phi) is 5.58. The van der Waals surface area contributed by atoms with Crippen molar-refractivity contribution in [2.24, 2.45) is 0 Å². The summed E-state index contributed by atoms with van der Waals surface area (Å²) in [5, 5.41) is 7.40. The van der Waals surface area contributed by atoms with E-state index in [0.29, 0.717) is 31.8 Å². The molecule has 2 rings (SSSR count). The molecule has 0 bridgehead atoms. The Balaban J connectivity index is 2.34. The number of ether oxygens (including phenoxy) is 2. The van der Waals surface area contributed by atoms with Crippen LogP contribution in [-0.4, -0.2) is 42.1 Å². The zero-order valence-corrected chi connectivity index (χ0v) is 13.6. The van der Waals surface area contributed by atoms with Crippen LogP contribution in [0, 0.1) is 11.8 Å². The van der Waals surface area contributed by atoms with E-state index in [0.717, 1.165) is 11.3 Å². The number of rotatable bonds is 5. The second-order valence-corrected chi connectivity index (χ2v) is 5.33. The molecule has 22 heavy (non-hydrogen) atoms. The number of aromatic nitrogens is 2. The van der Waals surface area contributed by atoms with Gasteiger partial charge in [-0.05, 0) is 20.8 Å². The molecule has 1 aromatic heterocycles. The average molecular weight is 305 g/mol. The molecule has 1 N–H and O–H groups in total. The van der Waals surface area contributed by atoms with Crippen molar-refractivity contribution in [2.45, 2.75) is 45.9 Å². The van der Waals surface area contributed by atoms with Gasteiger partial charge in [-0.25, -0.2) is 0 Å². The highest BCUT2D eigenvalue weighted by molar-refractivity contribution is 5.94. The smallest absolute Gasteiger partial charge is 0.270 e. The molecule has 0 radical (unpaired) electrons. The summed E-state index contributed by atoms with van der Waals surface area (Å²) in [7, 11) is 1.63. The fraction of sp³-hybridized carbons (Fsp3) is 0.625. The van der Waals surface area contributed by atoms with Gasteiger partial charge in [-0.15, -0.1) is 5.92 Å². The highest BCUT2D eigenvalue weighted by Gasteiger charge is 2.31. The summed E-state index contributed by atoms with van der Waals surface area (Å²) in [6, 6.07) is 0. The lowest BCUT2D eigenvalue weighted by atomic mass is 9.99. The molecule has 0 aromatic carbocycles. The van der Waals surface area contributed by atoms with E-state index in [1.165, 1.54) is 0 Å². The van der Waals surface area contributed by atoms with Crippen molar-refractivity contribution in [1.82, 2.24) is 15.1 Å². The van der Waals surface area contributed by atoms with Crippen molar-refractivity contribution in [3.63, 3.8) is 0 Å². The second kappa shape index (κ2) is 7.43. The molecule has 2 heterocycles. The molecule has 1 amide bonds. The van der Waals surface area contributed by atoms with Crippen LogP contribution >= 0.6 is 0 Å². The SMILES string of the molecule is CC#CCNC(=O)c1c2c(nn1CCOC)[C@@H](C)O[C@@H](C)C2. The van der Waals surface area contributed by atoms with E-state index in [2.05, 4.69) is 22.3 Å². The van der Waals surface area contributed by atoms with Crippen LogP contribution in [0.15, 0.2) is 0 Å². The van der Waals surface area contributed by atoms with Gasteiger partial charge in [0.15, 0.2) is 0 Å². The molecule has 0 spiro atoms. The maximum atomic E-state index is 12.5. The minimum atomic E-state index is -0.145. The van der Waals surface area contributed by atoms with Crippen LogP contribution in [0.4, 0.5) is 0 Å². The van der Waals surface area contributed by atoms with Gasteiger partial charge in [-0.3, -0.25) is 9.48 Å². The number of nitrogens with zero attached hydrogens (tertiary/aromatic N) is 2. The molecular formula is C16H23N3O3. The van der Waals surface area contributed by atoms with E-state index in [1.807, 2.05) is 13.8 Å². The van der Waals surface area contributed by atoms with E-state index in [-0.39, 0.29) is 18.1 Å². The van der Waals surface area contributed by atoms with Crippen molar-refractivity contribution in [3.8, 4) is 11.8 Å². The van der Waals surface area contributed by atoms with E-state index >= 15 is 0 Å². The lowest BCUT2D eigenvalue weighted by Gasteiger charge is -2.24. The normalized spacial score (nSPS) is 20.0. The third-order valence-corrected chi connectivity index (χ3v) is 3.63. The van der Waals surface area contributed by atoms with E-state index in [9.17, 15) is 4.79 Å². The summed E-state index contributed by atoms with van der Waals surface area (Å²) < 4.78 is 12.6. The Morgan fingerprint density at radius 3 is 3.00 bits per heavy atom. The zero-order chi connectivity index (χ0) is 16.1. The lowest BCUT2D eigenvalue weighted by molar-refractivity contribution is -0.00716. The second-order valence-electron chi connectivity index (χ2n) is 5.33. The van der Waals surface area contributed by atoms with Gasteiger partial charge >= 0.3 is 0 Å². The lowest BCUT2D eigenvalue weighted by Crippen LogP contribution is -2.29. The van der Waals surface area contributed by atoms with Gasteiger partial charge < -0.3 is 14.8 Å². The van der Waals surface area contributed by atoms with Crippen molar-refractivity contribution in [3.05, 3.63) is 17.0 Å². The standard InChI is InChI=1S/C16H23N3O3/c1-5-6-7-17-16(20)15-13-10-11(2)22-12(3)14(13)18-19(15)8-9-21-4/h11-12H,7-10H2,1-4H3,(H,17,20)/t11-,12+/m0/s1. The largest absolute Gasteiger partial charge is 0.383 e. The minimum absolute atomic E-state index is 0.0737. The Morgan fingerprint density at radius 2 is 2.32 bits per heavy atom. The number of carbonyl (C=O) groups is 1. The van der Waals surface area contributed by atoms with Crippen LogP contribution in [0.2, 0.25) is 0 Å². The summed E-state index contributed by atoms with van der Waals surface area (Å²) >= 11 is 0. The number of hydrogen-bond donors (Lipinski definition) is 1. The minimum Gasteiger partial charge on any atom is -0.383 e. The first-order valence-corrected chi connectivity index (χ1v) is 7.50. The monoisotopic (exact) mass is 305 g/mol. The number of hydrogen-bond acceptors (Lipinski definition) is 4. The van der Waals surface area contributed by atoms with Crippen LogP contribution in [0.5, 0.6) is 0 Å². The summed E-state index contributed by atoms with van der Waals surface area (Å²) in [6.45, 7) is 7.09. The zero-order valence-electron chi connectivity index (χ0n) is 13.6. The Morgan fingerprint density at radius 1 is 1.55 bits per heavy atom. The molecule has 2 atom stereocenters. The maximum Gasteiger partial charge on any atom is 0.270 e. The van der Waals surface area contributed by atoms with Crippen molar-refractivity contribution < 1.29 is 14.3 Å². The summed E-state index contributed by atoms with van der Waals surface area (Å²) in [4.78, 5) is 12.5. The van der Waals surface area contributed by atoms with E-state index in [4.69, 9.17) is 9.47 Å². The molecular weight excluding hydrogens is 282 g/mol. The molecule has 0 saturated carbocycles. The molecule has 1 aromatic rings. The quantitative estimate of drug-likeness (QED) is 0.833. The first-order chi connectivity index (χ1) is 10.6. The molecule has 1 aliphatic rings. The summed E-state index contributed by atoms with van der Waals surface area (Å²) in [5.74, 6) is 5.46. The maximum absolute atomic E-state index is 12.5. The number of carbonyl (C=O) groups excluding carboxylic acids is 1. The topological polar surface area (TPSA) is 65.4 Å². The van der Waals surface area contributed by atoms with E-state index in [1.54, 1.807) is 18.7 Å². The van der Waals surface area contributed by atoms with Crippen LogP contribution in [-0.2, 0) is 22.4 Å². The predicted molar refractivity (Wildman–Crippen MR) is 82.6 cm³/mol. The molecule has 6 heteroatoms. The fourth-order valence-corrected chi connectivity index (χ4v) is 2.68. The number of nitrogens with one attached hydrogen (secondary N) is 1. The third-order valence-electron chi connectivity index (χ3n) is 3.63. The van der Waals surface area contributed by atoms with Gasteiger partial charge in [0.1, 0.15) is 5.69 Å². The van der Waals surface area contributed by atoms with Gasteiger partial charge in [0.05, 0.1) is 37.6 Å². The summed E-state index contributed by atoms with van der Waals surface area (Å²) in [6.07, 6.45) is 0.656. The number of amides is 1. The highest BCUT2D eigenvalue weighted by atomic mass is 16.5. The molecule has 6 nitrogen and oxygen atoms in total. The number of fused-ring (bicyclic) bond motifs is 1. The van der Waals surface area contributed by atoms with Crippen LogP contribution in [0.1, 0.15) is 48.6 Å². The first kappa shape index (κ1) is 16.5. The fourth-order valence-electron chi connectivity index (χ4n) is 2.68. The van der Waals surface area contributed by atoms with Gasteiger partial charge in [0.2, 0.25) is 0 Å². The molecule has 0 unspecified atom stereocenters. The van der Waals surface area contributed by atoms with Crippen LogP contribution in [0.25, 0.3) is 0 Å². The molecule has 0 aliphatic carbocycles. The van der Waals surface area contributed by atoms with Gasteiger partial charge in [0, 0.05) is 19.1 Å². The third kappa shape index (κ3) is 3.49. The predicted octanol–water partition coefficient (Wildman–Crippen LogP) is 1.30. The van der Waals surface area contributed by atoms with Crippen molar-refractivity contribution >= 4 is 5.91 Å². The van der Waals surface area contributed by atoms with Crippen LogP contribution in [0.3, 0.4) is 0 Å². The van der Waals surface area contributed by atoms with Gasteiger partial charge in [-0.1, -0.05) is 5.92 Å². The molecule has 120 valence electrons. The molecule has 0 fully saturated rings. The first-order valence-electron chi connectivity index (χ1n) is 7.50. The van der Waals surface area contributed by atoms with E-state index < -0.39 is 0 Å². The molecule has 1 aliphatic heterocycles. The van der Waals surface area contributed by atoms with Gasteiger partial charge in [0.25, 0.3) is 5.91 Å². The van der Waals surface area contributed by atoms with Crippen LogP contribution < -0.4 is 5.32 Å². The van der Waals surface area contributed by atoms with Gasteiger partial charge in [-0.2, -0.15) is 5.10 Å². The van der Waals surface area contributed by atoms with Crippen molar-refractivity contribution in [1.29, 1.82) is 0 Å². The number of methoxy groups -OCH3 is 1. The van der Waals surface area contributed by atoms with Crippen molar-refractivity contribution in [2.75, 3.05) is 20.3 Å². The highest BCUT2D eigenvalue weighted by Crippen LogP contribution is 2.31. The Bertz CT molecular complexity index is 598. The summed E-state index contributed by atoms with van der Waals surface area (Å²) in [5.41, 5.74) is 2.43.